The van der Waals surface area contributed by atoms with Gasteiger partial charge in [-0.2, -0.15) is 8.42 Å². The molecule has 1 aromatic heterocycles. The van der Waals surface area contributed by atoms with Crippen molar-refractivity contribution in [3.8, 4) is 0 Å². The molecule has 2 N–H and O–H groups in total. The number of carbonyl (C=O) groups is 2. The van der Waals surface area contributed by atoms with Gasteiger partial charge in [0.2, 0.25) is 15.9 Å². The van der Waals surface area contributed by atoms with Crippen LogP contribution < -0.4 is 10.0 Å². The number of amidine groups is 1. The lowest BCUT2D eigenvalue weighted by Crippen LogP contribution is -2.59. The maximum absolute atomic E-state index is 14.6. The van der Waals surface area contributed by atoms with Gasteiger partial charge in [-0.05, 0) is 24.3 Å². The number of fused-ring (bicyclic) bond motifs is 2. The summed E-state index contributed by atoms with van der Waals surface area (Å²) in [5.74, 6) is -5.20. The Labute approximate surface area is 228 Å². The Morgan fingerprint density at radius 3 is 2.62 bits per heavy atom. The number of benzene rings is 1. The fraction of sp³-hybridized carbons (Fsp3) is 0.458. The van der Waals surface area contributed by atoms with E-state index >= 15 is 0 Å². The molecular weight excluding hydrogens is 574 g/mol. The Bertz CT molecular complexity index is 1590. The van der Waals surface area contributed by atoms with Gasteiger partial charge in [0, 0.05) is 42.2 Å². The molecule has 3 aliphatic rings. The van der Waals surface area contributed by atoms with Crippen LogP contribution in [-0.4, -0.2) is 51.6 Å². The number of nitrogens with zero attached hydrogens (tertiary/aromatic N) is 2. The fourth-order valence-electron chi connectivity index (χ4n) is 5.46. The predicted molar refractivity (Wildman–Crippen MR) is 140 cm³/mol. The highest BCUT2D eigenvalue weighted by molar-refractivity contribution is 7.91. The minimum atomic E-state index is -4.39. The minimum Gasteiger partial charge on any atom is -0.334 e. The molecule has 39 heavy (non-hydrogen) atoms. The molecule has 3 atom stereocenters. The van der Waals surface area contributed by atoms with Crippen molar-refractivity contribution in [2.75, 3.05) is 11.6 Å². The number of rotatable bonds is 6. The van der Waals surface area contributed by atoms with Gasteiger partial charge in [0.15, 0.2) is 11.7 Å². The standard InChI is InChI=1S/C24H26F2N4O6S3/c1-38(33,34)27-10-14-12-37-23-21(14)39(35,36)29-22(28-23)19-20(31)16-5-3-2-4-6-18(16)30(24(19)32)11-13-7-8-15(25)9-17(13)26/h7-9,12,16,18-19,27H,2-6,10-11H2,1H3,(H,28,29). The van der Waals surface area contributed by atoms with Gasteiger partial charge < -0.3 is 10.2 Å². The van der Waals surface area contributed by atoms with Gasteiger partial charge in [-0.25, -0.2) is 21.9 Å². The van der Waals surface area contributed by atoms with E-state index < -0.39 is 61.2 Å². The summed E-state index contributed by atoms with van der Waals surface area (Å²) in [4.78, 5) is 28.7. The molecule has 0 radical (unpaired) electrons. The highest BCUT2D eigenvalue weighted by atomic mass is 32.2. The monoisotopic (exact) mass is 600 g/mol. The lowest BCUT2D eigenvalue weighted by Gasteiger charge is -2.43. The molecule has 1 saturated heterocycles. The number of nitrogens with one attached hydrogen (secondary N) is 2. The number of anilines is 1. The summed E-state index contributed by atoms with van der Waals surface area (Å²) < 4.78 is 83.6. The molecule has 3 heterocycles. The molecule has 0 bridgehead atoms. The van der Waals surface area contributed by atoms with Crippen molar-refractivity contribution in [2.24, 2.45) is 16.2 Å². The van der Waals surface area contributed by atoms with Gasteiger partial charge in [-0.1, -0.05) is 25.3 Å². The third-order valence-corrected chi connectivity index (χ3v) is 10.4. The number of carbonyl (C=O) groups excluding carboxylic acids is 2. The van der Waals surface area contributed by atoms with Crippen LogP contribution in [0.4, 0.5) is 13.8 Å². The maximum Gasteiger partial charge on any atom is 0.287 e. The first-order valence-electron chi connectivity index (χ1n) is 12.3. The van der Waals surface area contributed by atoms with Crippen molar-refractivity contribution in [3.63, 3.8) is 0 Å². The second-order valence-electron chi connectivity index (χ2n) is 9.94. The van der Waals surface area contributed by atoms with Crippen LogP contribution in [0.15, 0.2) is 32.9 Å². The van der Waals surface area contributed by atoms with Gasteiger partial charge >= 0.3 is 0 Å². The quantitative estimate of drug-likeness (QED) is 0.486. The lowest BCUT2D eigenvalue weighted by molar-refractivity contribution is -0.151. The number of Topliss-reactive ketones (excluding diaryl/α,β-unsaturated/α-hetero) is 1. The summed E-state index contributed by atoms with van der Waals surface area (Å²) in [5, 5.41) is 4.41. The zero-order valence-corrected chi connectivity index (χ0v) is 23.3. The number of sulfonamides is 2. The van der Waals surface area contributed by atoms with E-state index in [1.54, 1.807) is 0 Å². The van der Waals surface area contributed by atoms with E-state index in [4.69, 9.17) is 0 Å². The molecule has 210 valence electrons. The second-order valence-corrected chi connectivity index (χ2v) is 14.2. The molecule has 1 saturated carbocycles. The third-order valence-electron chi connectivity index (χ3n) is 7.25. The van der Waals surface area contributed by atoms with Gasteiger partial charge in [-0.15, -0.1) is 15.7 Å². The zero-order valence-electron chi connectivity index (χ0n) is 20.8. The molecule has 5 rings (SSSR count). The van der Waals surface area contributed by atoms with Crippen LogP contribution in [0.2, 0.25) is 0 Å². The first-order chi connectivity index (χ1) is 18.4. The Hall–Kier alpha value is -2.75. The van der Waals surface area contributed by atoms with Gasteiger partial charge in [0.25, 0.3) is 10.0 Å². The van der Waals surface area contributed by atoms with Crippen LogP contribution in [0, 0.1) is 23.5 Å². The fourth-order valence-corrected chi connectivity index (χ4v) is 8.52. The summed E-state index contributed by atoms with van der Waals surface area (Å²) in [5.41, 5.74) is 0.254. The van der Waals surface area contributed by atoms with E-state index in [0.29, 0.717) is 12.8 Å². The van der Waals surface area contributed by atoms with Crippen molar-refractivity contribution in [1.29, 1.82) is 0 Å². The van der Waals surface area contributed by atoms with Crippen molar-refractivity contribution in [2.45, 2.75) is 56.1 Å². The van der Waals surface area contributed by atoms with Crippen LogP contribution >= 0.6 is 11.3 Å². The summed E-state index contributed by atoms with van der Waals surface area (Å²) in [6, 6.07) is 2.57. The first-order valence-corrected chi connectivity index (χ1v) is 16.5. The Morgan fingerprint density at radius 2 is 1.90 bits per heavy atom. The number of amides is 1. The van der Waals surface area contributed by atoms with Crippen LogP contribution in [0.5, 0.6) is 0 Å². The summed E-state index contributed by atoms with van der Waals surface area (Å²) in [6.45, 7) is -0.486. The Morgan fingerprint density at radius 1 is 1.15 bits per heavy atom. The van der Waals surface area contributed by atoms with Crippen LogP contribution in [0.3, 0.4) is 0 Å². The number of hydrogen-bond acceptors (Lipinski definition) is 8. The molecular formula is C24H26F2N4O6S3. The van der Waals surface area contributed by atoms with Crippen molar-refractivity contribution in [3.05, 3.63) is 46.3 Å². The molecule has 10 nitrogen and oxygen atoms in total. The van der Waals surface area contributed by atoms with E-state index in [1.165, 1.54) is 16.3 Å². The van der Waals surface area contributed by atoms with Crippen molar-refractivity contribution in [1.82, 2.24) is 9.62 Å². The van der Waals surface area contributed by atoms with E-state index in [1.807, 2.05) is 0 Å². The van der Waals surface area contributed by atoms with Crippen LogP contribution in [0.25, 0.3) is 0 Å². The second kappa shape index (κ2) is 10.3. The molecule has 1 aliphatic carbocycles. The zero-order chi connectivity index (χ0) is 28.1. The lowest BCUT2D eigenvalue weighted by atomic mass is 9.77. The predicted octanol–water partition coefficient (Wildman–Crippen LogP) is 2.76. The topological polar surface area (TPSA) is 142 Å². The number of ketones is 1. The Balaban J connectivity index is 1.51. The highest BCUT2D eigenvalue weighted by Crippen LogP contribution is 2.41. The molecule has 2 aromatic rings. The number of halogens is 2. The summed E-state index contributed by atoms with van der Waals surface area (Å²) in [7, 11) is -7.99. The number of thiophene rings is 1. The average Bonchev–Trinajstić information content (AvgIpc) is 3.10. The molecule has 2 fully saturated rings. The van der Waals surface area contributed by atoms with Crippen LogP contribution in [0.1, 0.15) is 43.2 Å². The molecule has 1 amide bonds. The number of likely N-dealkylation sites (tertiary alicyclic amines) is 1. The van der Waals surface area contributed by atoms with Gasteiger partial charge in [-0.3, -0.25) is 9.59 Å². The SMILES string of the molecule is CS(=O)(=O)NCc1csc2c1S(=O)(=O)N=C(C1C(=O)C3CCCCCC3N(Cc3ccc(F)cc3F)C1=O)N2. The maximum atomic E-state index is 14.6. The average molecular weight is 601 g/mol. The van der Waals surface area contributed by atoms with E-state index in [2.05, 4.69) is 14.4 Å². The number of hydrogen-bond donors (Lipinski definition) is 2. The molecule has 0 spiro atoms. The largest absolute Gasteiger partial charge is 0.334 e. The molecule has 15 heteroatoms. The molecule has 1 aromatic carbocycles. The summed E-state index contributed by atoms with van der Waals surface area (Å²) in [6.07, 6.45) is 4.33. The normalized spacial score (nSPS) is 24.8. The highest BCUT2D eigenvalue weighted by Gasteiger charge is 2.51. The Kier molecular flexibility index (Phi) is 7.37. The third kappa shape index (κ3) is 5.49. The first kappa shape index (κ1) is 27.8. The van der Waals surface area contributed by atoms with E-state index in [9.17, 15) is 35.2 Å². The van der Waals surface area contributed by atoms with Gasteiger partial charge in [0.1, 0.15) is 27.4 Å². The summed E-state index contributed by atoms with van der Waals surface area (Å²) >= 11 is 0.981. The van der Waals surface area contributed by atoms with E-state index in [0.717, 1.165) is 49.0 Å². The molecule has 3 unspecified atom stereocenters. The minimum absolute atomic E-state index is 0.0792. The van der Waals surface area contributed by atoms with Crippen molar-refractivity contribution >= 4 is 53.9 Å². The smallest absolute Gasteiger partial charge is 0.287 e. The van der Waals surface area contributed by atoms with Gasteiger partial charge in [0.05, 0.1) is 6.26 Å². The van der Waals surface area contributed by atoms with E-state index in [-0.39, 0.29) is 39.9 Å². The van der Waals surface area contributed by atoms with Crippen molar-refractivity contribution < 1.29 is 35.2 Å². The molecule has 2 aliphatic heterocycles. The number of piperidine rings is 1. The van der Waals surface area contributed by atoms with Crippen LogP contribution in [-0.2, 0) is 42.7 Å².